The first-order valence-corrected chi connectivity index (χ1v) is 6.00. The second-order valence-corrected chi connectivity index (χ2v) is 4.31. The van der Waals surface area contributed by atoms with E-state index in [1.54, 1.807) is 14.2 Å². The van der Waals surface area contributed by atoms with Crippen molar-refractivity contribution >= 4 is 5.69 Å². The van der Waals surface area contributed by atoms with E-state index in [2.05, 4.69) is 10.6 Å². The summed E-state index contributed by atoms with van der Waals surface area (Å²) in [6.45, 7) is 3.25. The van der Waals surface area contributed by atoms with Crippen LogP contribution in [0.15, 0.2) is 18.2 Å². The maximum atomic E-state index is 5.27. The Balaban J connectivity index is 1.95. The molecular weight excluding hydrogens is 216 g/mol. The number of benzene rings is 1. The van der Waals surface area contributed by atoms with E-state index >= 15 is 0 Å². The van der Waals surface area contributed by atoms with Crippen molar-refractivity contribution in [3.63, 3.8) is 0 Å². The zero-order valence-corrected chi connectivity index (χ0v) is 10.5. The molecule has 1 aromatic rings. The maximum absolute atomic E-state index is 5.27. The van der Waals surface area contributed by atoms with Crippen LogP contribution in [0.2, 0.25) is 0 Å². The smallest absolute Gasteiger partial charge is 0.162 e. The lowest BCUT2D eigenvalue weighted by molar-refractivity contribution is 0.355. The highest BCUT2D eigenvalue weighted by molar-refractivity contribution is 5.54. The SMILES string of the molecule is COc1ccc(NCC2CCNC2)cc1OC. The predicted molar refractivity (Wildman–Crippen MR) is 69.0 cm³/mol. The number of anilines is 1. The highest BCUT2D eigenvalue weighted by Gasteiger charge is 2.14. The Morgan fingerprint density at radius 1 is 1.29 bits per heavy atom. The van der Waals surface area contributed by atoms with E-state index in [-0.39, 0.29) is 0 Å². The maximum Gasteiger partial charge on any atom is 0.162 e. The predicted octanol–water partition coefficient (Wildman–Crippen LogP) is 1.73. The van der Waals surface area contributed by atoms with Gasteiger partial charge in [0.2, 0.25) is 0 Å². The van der Waals surface area contributed by atoms with E-state index in [0.29, 0.717) is 0 Å². The van der Waals surface area contributed by atoms with Gasteiger partial charge in [0.05, 0.1) is 14.2 Å². The van der Waals surface area contributed by atoms with Crippen LogP contribution in [0, 0.1) is 5.92 Å². The molecule has 2 rings (SSSR count). The highest BCUT2D eigenvalue weighted by Crippen LogP contribution is 2.29. The van der Waals surface area contributed by atoms with Gasteiger partial charge < -0.3 is 20.1 Å². The summed E-state index contributed by atoms with van der Waals surface area (Å²) in [6.07, 6.45) is 1.25. The average molecular weight is 236 g/mol. The normalized spacial score (nSPS) is 19.1. The van der Waals surface area contributed by atoms with Gasteiger partial charge in [0.1, 0.15) is 0 Å². The van der Waals surface area contributed by atoms with Crippen molar-refractivity contribution in [2.24, 2.45) is 5.92 Å². The zero-order chi connectivity index (χ0) is 12.1. The molecule has 0 bridgehead atoms. The van der Waals surface area contributed by atoms with Crippen molar-refractivity contribution in [3.05, 3.63) is 18.2 Å². The summed E-state index contributed by atoms with van der Waals surface area (Å²) >= 11 is 0. The molecule has 2 N–H and O–H groups in total. The number of methoxy groups -OCH3 is 2. The fourth-order valence-corrected chi connectivity index (χ4v) is 2.10. The summed E-state index contributed by atoms with van der Waals surface area (Å²) in [5.74, 6) is 2.26. The minimum Gasteiger partial charge on any atom is -0.493 e. The Bertz CT molecular complexity index is 362. The third-order valence-electron chi connectivity index (χ3n) is 3.14. The molecular formula is C13H20N2O2. The van der Waals surface area contributed by atoms with E-state index < -0.39 is 0 Å². The van der Waals surface area contributed by atoms with Crippen molar-refractivity contribution in [3.8, 4) is 11.5 Å². The summed E-state index contributed by atoms with van der Waals surface area (Å²) in [4.78, 5) is 0. The highest BCUT2D eigenvalue weighted by atomic mass is 16.5. The molecule has 4 heteroatoms. The average Bonchev–Trinajstić information content (AvgIpc) is 2.89. The zero-order valence-electron chi connectivity index (χ0n) is 10.5. The Kier molecular flexibility index (Phi) is 4.09. The summed E-state index contributed by atoms with van der Waals surface area (Å²) in [5.41, 5.74) is 1.08. The monoisotopic (exact) mass is 236 g/mol. The van der Waals surface area contributed by atoms with E-state index in [1.165, 1.54) is 6.42 Å². The summed E-state index contributed by atoms with van der Waals surface area (Å²) in [6, 6.07) is 5.92. The quantitative estimate of drug-likeness (QED) is 0.817. The molecule has 0 amide bonds. The molecule has 0 saturated carbocycles. The van der Waals surface area contributed by atoms with Crippen LogP contribution in [0.1, 0.15) is 6.42 Å². The molecule has 1 aliphatic heterocycles. The Labute approximate surface area is 102 Å². The molecule has 1 aliphatic rings. The second-order valence-electron chi connectivity index (χ2n) is 4.31. The number of ether oxygens (including phenoxy) is 2. The van der Waals surface area contributed by atoms with Crippen molar-refractivity contribution in [2.45, 2.75) is 6.42 Å². The lowest BCUT2D eigenvalue weighted by atomic mass is 10.1. The van der Waals surface area contributed by atoms with Crippen molar-refractivity contribution < 1.29 is 9.47 Å². The molecule has 1 atom stereocenters. The second kappa shape index (κ2) is 5.77. The number of rotatable bonds is 5. The summed E-state index contributed by atoms with van der Waals surface area (Å²) < 4.78 is 10.5. The standard InChI is InChI=1S/C13H20N2O2/c1-16-12-4-3-11(7-13(12)17-2)15-9-10-5-6-14-8-10/h3-4,7,10,14-15H,5-6,8-9H2,1-2H3. The Morgan fingerprint density at radius 3 is 2.76 bits per heavy atom. The van der Waals surface area contributed by atoms with Crippen LogP contribution in [0.4, 0.5) is 5.69 Å². The molecule has 1 saturated heterocycles. The number of hydrogen-bond acceptors (Lipinski definition) is 4. The van der Waals surface area contributed by atoms with Crippen LogP contribution in [0.3, 0.4) is 0 Å². The van der Waals surface area contributed by atoms with Gasteiger partial charge in [-0.2, -0.15) is 0 Å². The molecule has 0 aromatic heterocycles. The van der Waals surface area contributed by atoms with Crippen molar-refractivity contribution in [1.29, 1.82) is 0 Å². The van der Waals surface area contributed by atoms with Crippen LogP contribution in [0.25, 0.3) is 0 Å². The third kappa shape index (κ3) is 3.03. The van der Waals surface area contributed by atoms with Gasteiger partial charge >= 0.3 is 0 Å². The van der Waals surface area contributed by atoms with Crippen LogP contribution >= 0.6 is 0 Å². The van der Waals surface area contributed by atoms with Gasteiger partial charge in [-0.15, -0.1) is 0 Å². The van der Waals surface area contributed by atoms with Crippen LogP contribution < -0.4 is 20.1 Å². The third-order valence-corrected chi connectivity index (χ3v) is 3.14. The van der Waals surface area contributed by atoms with Gasteiger partial charge in [-0.25, -0.2) is 0 Å². The molecule has 0 spiro atoms. The summed E-state index contributed by atoms with van der Waals surface area (Å²) in [5, 5.41) is 6.80. The molecule has 1 unspecified atom stereocenters. The van der Waals surface area contributed by atoms with Gasteiger partial charge in [0.15, 0.2) is 11.5 Å². The number of hydrogen-bond donors (Lipinski definition) is 2. The summed E-state index contributed by atoms with van der Waals surface area (Å²) in [7, 11) is 3.30. The van der Waals surface area contributed by atoms with E-state index in [4.69, 9.17) is 9.47 Å². The van der Waals surface area contributed by atoms with Gasteiger partial charge in [0, 0.05) is 18.3 Å². The molecule has 4 nitrogen and oxygen atoms in total. The molecule has 1 aromatic carbocycles. The van der Waals surface area contributed by atoms with Gasteiger partial charge in [-0.3, -0.25) is 0 Å². The molecule has 1 fully saturated rings. The molecule has 1 heterocycles. The topological polar surface area (TPSA) is 42.5 Å². The largest absolute Gasteiger partial charge is 0.493 e. The Hall–Kier alpha value is -1.42. The molecule has 94 valence electrons. The van der Waals surface area contributed by atoms with Crippen LogP contribution in [-0.2, 0) is 0 Å². The van der Waals surface area contributed by atoms with Gasteiger partial charge in [-0.05, 0) is 37.6 Å². The van der Waals surface area contributed by atoms with Gasteiger partial charge in [0.25, 0.3) is 0 Å². The van der Waals surface area contributed by atoms with Crippen LogP contribution in [0.5, 0.6) is 11.5 Å². The molecule has 0 radical (unpaired) electrons. The fourth-order valence-electron chi connectivity index (χ4n) is 2.10. The van der Waals surface area contributed by atoms with E-state index in [9.17, 15) is 0 Å². The van der Waals surface area contributed by atoms with Crippen molar-refractivity contribution in [2.75, 3.05) is 39.2 Å². The fraction of sp³-hybridized carbons (Fsp3) is 0.538. The van der Waals surface area contributed by atoms with E-state index in [1.807, 2.05) is 18.2 Å². The first kappa shape index (κ1) is 12.0. The van der Waals surface area contributed by atoms with Crippen LogP contribution in [-0.4, -0.2) is 33.9 Å². The van der Waals surface area contributed by atoms with Gasteiger partial charge in [-0.1, -0.05) is 0 Å². The molecule has 0 aliphatic carbocycles. The lowest BCUT2D eigenvalue weighted by Crippen LogP contribution is -2.17. The number of nitrogens with one attached hydrogen (secondary N) is 2. The van der Waals surface area contributed by atoms with Crippen molar-refractivity contribution in [1.82, 2.24) is 5.32 Å². The lowest BCUT2D eigenvalue weighted by Gasteiger charge is -2.13. The molecule has 17 heavy (non-hydrogen) atoms. The minimum atomic E-state index is 0.725. The minimum absolute atomic E-state index is 0.725. The van der Waals surface area contributed by atoms with E-state index in [0.717, 1.165) is 42.7 Å². The first-order chi connectivity index (χ1) is 8.33. The Morgan fingerprint density at radius 2 is 2.12 bits per heavy atom. The first-order valence-electron chi connectivity index (χ1n) is 6.00.